The van der Waals surface area contributed by atoms with Crippen molar-refractivity contribution < 1.29 is 4.79 Å². The lowest BCUT2D eigenvalue weighted by Gasteiger charge is -2.24. The zero-order chi connectivity index (χ0) is 17.4. The van der Waals surface area contributed by atoms with Crippen molar-refractivity contribution in [2.24, 2.45) is 5.73 Å². The summed E-state index contributed by atoms with van der Waals surface area (Å²) < 4.78 is 0. The molecule has 0 aliphatic carbocycles. The van der Waals surface area contributed by atoms with Crippen LogP contribution in [-0.2, 0) is 0 Å². The minimum absolute atomic E-state index is 0.255. The fraction of sp³-hybridized carbons (Fsp3) is 0.300. The van der Waals surface area contributed by atoms with Crippen LogP contribution < -0.4 is 5.73 Å². The van der Waals surface area contributed by atoms with Crippen molar-refractivity contribution >= 4 is 6.29 Å². The van der Waals surface area contributed by atoms with Crippen molar-refractivity contribution in [1.29, 1.82) is 5.26 Å². The molecule has 2 N–H and O–H groups in total. The molecule has 0 bridgehead atoms. The Morgan fingerprint density at radius 3 is 2.39 bits per heavy atom. The van der Waals surface area contributed by atoms with Gasteiger partial charge in [-0.3, -0.25) is 4.79 Å². The Balaban J connectivity index is 3.51. The number of hydrogen-bond acceptors (Lipinski definition) is 3. The largest absolute Gasteiger partial charge is 0.402 e. The van der Waals surface area contributed by atoms with Crippen molar-refractivity contribution in [1.82, 2.24) is 0 Å². The van der Waals surface area contributed by atoms with E-state index in [0.29, 0.717) is 16.8 Å². The average molecular weight is 308 g/mol. The highest BCUT2D eigenvalue weighted by Gasteiger charge is 2.24. The second kappa shape index (κ2) is 8.75. The van der Waals surface area contributed by atoms with Gasteiger partial charge in [0.15, 0.2) is 0 Å². The Morgan fingerprint density at radius 2 is 2.00 bits per heavy atom. The Kier molecular flexibility index (Phi) is 7.02. The van der Waals surface area contributed by atoms with Gasteiger partial charge in [0.05, 0.1) is 6.07 Å². The van der Waals surface area contributed by atoms with Gasteiger partial charge >= 0.3 is 0 Å². The maximum atomic E-state index is 10.9. The molecule has 0 heterocycles. The van der Waals surface area contributed by atoms with Gasteiger partial charge in [0.25, 0.3) is 0 Å². The topological polar surface area (TPSA) is 66.9 Å². The lowest BCUT2D eigenvalue weighted by Crippen LogP contribution is -2.13. The number of nitrogens with zero attached hydrogens (tertiary/aromatic N) is 1. The van der Waals surface area contributed by atoms with Gasteiger partial charge in [-0.25, -0.2) is 0 Å². The number of carbonyl (C=O) groups is 1. The van der Waals surface area contributed by atoms with Crippen molar-refractivity contribution in [2.45, 2.75) is 39.5 Å². The molecule has 120 valence electrons. The van der Waals surface area contributed by atoms with Gasteiger partial charge in [0.2, 0.25) is 0 Å². The predicted octanol–water partition coefficient (Wildman–Crippen LogP) is 4.64. The maximum absolute atomic E-state index is 10.9. The number of benzene rings is 1. The minimum Gasteiger partial charge on any atom is -0.402 e. The van der Waals surface area contributed by atoms with Gasteiger partial charge in [-0.1, -0.05) is 50.3 Å². The first-order valence-corrected chi connectivity index (χ1v) is 7.75. The fourth-order valence-corrected chi connectivity index (χ4v) is 2.71. The number of allylic oxidation sites excluding steroid dienone is 5. The van der Waals surface area contributed by atoms with E-state index < -0.39 is 0 Å². The first-order valence-electron chi connectivity index (χ1n) is 7.75. The third-order valence-electron chi connectivity index (χ3n) is 3.80. The minimum atomic E-state index is -0.255. The summed E-state index contributed by atoms with van der Waals surface area (Å²) in [5.74, 6) is -0.255. The number of nitriles is 1. The van der Waals surface area contributed by atoms with Crippen LogP contribution in [0.2, 0.25) is 0 Å². The molecular formula is C20H24N2O. The van der Waals surface area contributed by atoms with Crippen LogP contribution in [0.3, 0.4) is 0 Å². The van der Waals surface area contributed by atoms with E-state index in [1.165, 1.54) is 0 Å². The van der Waals surface area contributed by atoms with Gasteiger partial charge in [-0.15, -0.1) is 0 Å². The Hall–Kier alpha value is -2.60. The third kappa shape index (κ3) is 4.43. The molecule has 0 amide bonds. The first kappa shape index (κ1) is 18.4. The number of hydrogen-bond donors (Lipinski definition) is 1. The molecule has 1 unspecified atom stereocenters. The predicted molar refractivity (Wildman–Crippen MR) is 94.9 cm³/mol. The molecule has 0 saturated heterocycles. The fourth-order valence-electron chi connectivity index (χ4n) is 2.71. The van der Waals surface area contributed by atoms with Gasteiger partial charge in [0, 0.05) is 22.8 Å². The van der Waals surface area contributed by atoms with Crippen LogP contribution in [0.15, 0.2) is 59.3 Å². The molecule has 0 aromatic heterocycles. The molecule has 0 radical (unpaired) electrons. The normalized spacial score (nSPS) is 13.7. The molecule has 0 aliphatic rings. The average Bonchev–Trinajstić information content (AvgIpc) is 2.55. The Labute approximate surface area is 138 Å². The molecule has 1 aromatic carbocycles. The molecule has 1 rings (SSSR count). The number of nitrogens with two attached hydrogens (primary N) is 1. The summed E-state index contributed by atoms with van der Waals surface area (Å²) in [4.78, 5) is 10.9. The molecule has 1 aromatic rings. The van der Waals surface area contributed by atoms with Gasteiger partial charge in [-0.2, -0.15) is 5.26 Å². The summed E-state index contributed by atoms with van der Waals surface area (Å²) in [5.41, 5.74) is 10.8. The van der Waals surface area contributed by atoms with Crippen LogP contribution in [-0.4, -0.2) is 6.29 Å². The van der Waals surface area contributed by atoms with Crippen LogP contribution in [0.4, 0.5) is 0 Å². The van der Waals surface area contributed by atoms with Crippen molar-refractivity contribution in [2.75, 3.05) is 0 Å². The van der Waals surface area contributed by atoms with E-state index in [1.807, 2.05) is 26.0 Å². The molecule has 1 atom stereocenters. The maximum Gasteiger partial charge on any atom is 0.150 e. The van der Waals surface area contributed by atoms with Crippen molar-refractivity contribution in [3.05, 3.63) is 70.5 Å². The summed E-state index contributed by atoms with van der Waals surface area (Å²) >= 11 is 0. The van der Waals surface area contributed by atoms with E-state index in [0.717, 1.165) is 35.8 Å². The van der Waals surface area contributed by atoms with E-state index in [1.54, 1.807) is 18.2 Å². The summed E-state index contributed by atoms with van der Waals surface area (Å²) in [7, 11) is 0. The highest BCUT2D eigenvalue weighted by atomic mass is 16.1. The second-order valence-electron chi connectivity index (χ2n) is 5.52. The SMILES string of the molecule is C=C(CCC)/C(=C(\C)N)C(/C(C#N)=C/C)c1ccc(C=O)cc1. The quantitative estimate of drug-likeness (QED) is 0.453. The zero-order valence-corrected chi connectivity index (χ0v) is 14.1. The second-order valence-corrected chi connectivity index (χ2v) is 5.52. The van der Waals surface area contributed by atoms with E-state index in [2.05, 4.69) is 19.6 Å². The van der Waals surface area contributed by atoms with Crippen molar-refractivity contribution in [3.8, 4) is 6.07 Å². The molecule has 3 nitrogen and oxygen atoms in total. The first-order chi connectivity index (χ1) is 11.0. The number of rotatable bonds is 7. The van der Waals surface area contributed by atoms with Gasteiger partial charge in [-0.05, 0) is 37.0 Å². The van der Waals surface area contributed by atoms with Gasteiger partial charge in [0.1, 0.15) is 6.29 Å². The Bertz CT molecular complexity index is 669. The summed E-state index contributed by atoms with van der Waals surface area (Å²) in [6.45, 7) is 9.94. The number of aldehydes is 1. The van der Waals surface area contributed by atoms with E-state index in [4.69, 9.17) is 5.73 Å². The molecule has 23 heavy (non-hydrogen) atoms. The summed E-state index contributed by atoms with van der Waals surface area (Å²) in [5, 5.41) is 9.53. The lowest BCUT2D eigenvalue weighted by molar-refractivity contribution is 0.112. The monoisotopic (exact) mass is 308 g/mol. The van der Waals surface area contributed by atoms with Crippen LogP contribution in [0, 0.1) is 11.3 Å². The Morgan fingerprint density at radius 1 is 1.39 bits per heavy atom. The zero-order valence-electron chi connectivity index (χ0n) is 14.1. The highest BCUT2D eigenvalue weighted by Crippen LogP contribution is 2.37. The van der Waals surface area contributed by atoms with Gasteiger partial charge < -0.3 is 5.73 Å². The van der Waals surface area contributed by atoms with Crippen LogP contribution in [0.5, 0.6) is 0 Å². The lowest BCUT2D eigenvalue weighted by atomic mass is 9.79. The summed E-state index contributed by atoms with van der Waals surface area (Å²) in [6.07, 6.45) is 4.40. The molecule has 3 heteroatoms. The molecule has 0 fully saturated rings. The van der Waals surface area contributed by atoms with Crippen LogP contribution in [0.1, 0.15) is 55.5 Å². The molecule has 0 aliphatic heterocycles. The van der Waals surface area contributed by atoms with Crippen LogP contribution in [0.25, 0.3) is 0 Å². The molecule has 0 saturated carbocycles. The smallest absolute Gasteiger partial charge is 0.150 e. The van der Waals surface area contributed by atoms with Crippen LogP contribution >= 0.6 is 0 Å². The van der Waals surface area contributed by atoms with E-state index in [9.17, 15) is 10.1 Å². The standard InChI is InChI=1S/C20H24N2O/c1-5-7-14(3)19(15(4)22)20(17(6-2)12-21)18-10-8-16(13-23)9-11-18/h6,8-11,13,20H,3,5,7,22H2,1-2,4H3/b17-6+,19-15-. The third-order valence-corrected chi connectivity index (χ3v) is 3.80. The number of carbonyl (C=O) groups excluding carboxylic acids is 1. The van der Waals surface area contributed by atoms with E-state index in [-0.39, 0.29) is 5.92 Å². The highest BCUT2D eigenvalue weighted by molar-refractivity contribution is 5.74. The molecular weight excluding hydrogens is 284 g/mol. The summed E-state index contributed by atoms with van der Waals surface area (Å²) in [6, 6.07) is 9.53. The molecule has 0 spiro atoms. The van der Waals surface area contributed by atoms with E-state index >= 15 is 0 Å². The van der Waals surface area contributed by atoms with Crippen molar-refractivity contribution in [3.63, 3.8) is 0 Å².